The molecule has 2 heterocycles. The smallest absolute Gasteiger partial charge is 0.172 e. The molecule has 1 aromatic carbocycles. The van der Waals surface area contributed by atoms with Crippen molar-refractivity contribution in [3.05, 3.63) is 48.2 Å². The van der Waals surface area contributed by atoms with E-state index in [4.69, 9.17) is 5.73 Å². The lowest BCUT2D eigenvalue weighted by molar-refractivity contribution is 1.00. The number of rotatable bonds is 3. The van der Waals surface area contributed by atoms with E-state index >= 15 is 0 Å². The maximum atomic E-state index is 5.54. The first-order valence-electron chi connectivity index (χ1n) is 5.63. The zero-order chi connectivity index (χ0) is 12.4. The zero-order valence-corrected chi connectivity index (χ0v) is 10.4. The monoisotopic (exact) mass is 256 g/mol. The van der Waals surface area contributed by atoms with Crippen LogP contribution in [0.25, 0.3) is 11.0 Å². The van der Waals surface area contributed by atoms with Crippen molar-refractivity contribution in [3.63, 3.8) is 0 Å². The van der Waals surface area contributed by atoms with Gasteiger partial charge in [-0.05, 0) is 35.5 Å². The van der Waals surface area contributed by atoms with Crippen LogP contribution in [0, 0.1) is 0 Å². The standard InChI is InChI=1S/C13H12N4S/c14-7-9-5-6-12(15-8-9)18-13-16-10-3-1-2-4-11(10)17-13/h1-6,8H,7,14H2,(H,16,17). The van der Waals surface area contributed by atoms with Gasteiger partial charge in [-0.2, -0.15) is 0 Å². The fourth-order valence-corrected chi connectivity index (χ4v) is 2.41. The number of fused-ring (bicyclic) bond motifs is 1. The van der Waals surface area contributed by atoms with E-state index in [1.165, 1.54) is 11.8 Å². The maximum absolute atomic E-state index is 5.54. The summed E-state index contributed by atoms with van der Waals surface area (Å²) in [6, 6.07) is 11.9. The van der Waals surface area contributed by atoms with Crippen molar-refractivity contribution < 1.29 is 0 Å². The molecule has 0 spiro atoms. The molecule has 3 aromatic rings. The Kier molecular flexibility index (Phi) is 3.00. The van der Waals surface area contributed by atoms with Gasteiger partial charge in [0.25, 0.3) is 0 Å². The van der Waals surface area contributed by atoms with E-state index in [0.717, 1.165) is 26.8 Å². The lowest BCUT2D eigenvalue weighted by Gasteiger charge is -1.98. The first-order valence-corrected chi connectivity index (χ1v) is 6.44. The van der Waals surface area contributed by atoms with Crippen molar-refractivity contribution >= 4 is 22.8 Å². The highest BCUT2D eigenvalue weighted by molar-refractivity contribution is 7.99. The minimum atomic E-state index is 0.516. The van der Waals surface area contributed by atoms with Gasteiger partial charge in [0.2, 0.25) is 0 Å². The highest BCUT2D eigenvalue weighted by Crippen LogP contribution is 2.25. The van der Waals surface area contributed by atoms with Crippen LogP contribution in [0.1, 0.15) is 5.56 Å². The summed E-state index contributed by atoms with van der Waals surface area (Å²) in [6.45, 7) is 0.516. The van der Waals surface area contributed by atoms with E-state index in [1.54, 1.807) is 6.20 Å². The summed E-state index contributed by atoms with van der Waals surface area (Å²) in [5.41, 5.74) is 8.58. The molecular weight excluding hydrogens is 244 g/mol. The van der Waals surface area contributed by atoms with Crippen molar-refractivity contribution in [3.8, 4) is 0 Å². The van der Waals surface area contributed by atoms with Crippen LogP contribution in [0.5, 0.6) is 0 Å². The van der Waals surface area contributed by atoms with Gasteiger partial charge in [-0.15, -0.1) is 0 Å². The zero-order valence-electron chi connectivity index (χ0n) is 9.63. The molecule has 0 saturated heterocycles. The third-order valence-electron chi connectivity index (χ3n) is 2.60. The quantitative estimate of drug-likeness (QED) is 0.755. The van der Waals surface area contributed by atoms with Crippen LogP contribution in [-0.4, -0.2) is 15.0 Å². The molecule has 3 rings (SSSR count). The number of hydrogen-bond acceptors (Lipinski definition) is 4. The molecule has 0 aliphatic carbocycles. The Hall–Kier alpha value is -1.85. The topological polar surface area (TPSA) is 67.6 Å². The molecule has 0 aliphatic heterocycles. The molecule has 0 radical (unpaired) electrons. The van der Waals surface area contributed by atoms with Gasteiger partial charge in [0.1, 0.15) is 5.03 Å². The molecule has 2 aromatic heterocycles. The Bertz CT molecular complexity index is 627. The molecule has 4 nitrogen and oxygen atoms in total. The molecule has 0 saturated carbocycles. The number of pyridine rings is 1. The molecule has 0 bridgehead atoms. The van der Waals surface area contributed by atoms with Gasteiger partial charge in [0.15, 0.2) is 5.16 Å². The van der Waals surface area contributed by atoms with Gasteiger partial charge >= 0.3 is 0 Å². The molecular formula is C13H12N4S. The van der Waals surface area contributed by atoms with Crippen LogP contribution in [0.2, 0.25) is 0 Å². The molecule has 18 heavy (non-hydrogen) atoms. The number of nitrogens with one attached hydrogen (secondary N) is 1. The third-order valence-corrected chi connectivity index (χ3v) is 3.44. The molecule has 3 N–H and O–H groups in total. The summed E-state index contributed by atoms with van der Waals surface area (Å²) < 4.78 is 0. The van der Waals surface area contributed by atoms with Crippen molar-refractivity contribution in [1.29, 1.82) is 0 Å². The first kappa shape index (κ1) is 11.3. The summed E-state index contributed by atoms with van der Waals surface area (Å²) in [5.74, 6) is 0. The summed E-state index contributed by atoms with van der Waals surface area (Å²) in [6.07, 6.45) is 1.80. The summed E-state index contributed by atoms with van der Waals surface area (Å²) in [7, 11) is 0. The third kappa shape index (κ3) is 2.23. The van der Waals surface area contributed by atoms with E-state index in [9.17, 15) is 0 Å². The fraction of sp³-hybridized carbons (Fsp3) is 0.0769. The minimum absolute atomic E-state index is 0.516. The summed E-state index contributed by atoms with van der Waals surface area (Å²) >= 11 is 1.51. The second-order valence-electron chi connectivity index (χ2n) is 3.87. The average Bonchev–Trinajstić information content (AvgIpc) is 2.82. The molecule has 90 valence electrons. The van der Waals surface area contributed by atoms with Gasteiger partial charge < -0.3 is 10.7 Å². The van der Waals surface area contributed by atoms with E-state index in [0.29, 0.717) is 6.54 Å². The molecule has 0 fully saturated rings. The van der Waals surface area contributed by atoms with E-state index < -0.39 is 0 Å². The Morgan fingerprint density at radius 1 is 1.17 bits per heavy atom. The SMILES string of the molecule is NCc1ccc(Sc2nc3ccccc3[nH]2)nc1. The van der Waals surface area contributed by atoms with Gasteiger partial charge in [0, 0.05) is 12.7 Å². The average molecular weight is 256 g/mol. The van der Waals surface area contributed by atoms with E-state index in [1.807, 2.05) is 36.4 Å². The van der Waals surface area contributed by atoms with Crippen LogP contribution in [0.15, 0.2) is 52.8 Å². The number of aromatic nitrogens is 3. The number of imidazole rings is 1. The predicted molar refractivity (Wildman–Crippen MR) is 72.3 cm³/mol. The Morgan fingerprint density at radius 3 is 2.78 bits per heavy atom. The number of para-hydroxylation sites is 2. The van der Waals surface area contributed by atoms with Crippen LogP contribution in [0.3, 0.4) is 0 Å². The molecule has 0 unspecified atom stereocenters. The Balaban J connectivity index is 1.86. The number of nitrogens with zero attached hydrogens (tertiary/aromatic N) is 2. The fourth-order valence-electron chi connectivity index (χ4n) is 1.67. The highest BCUT2D eigenvalue weighted by atomic mass is 32.2. The highest BCUT2D eigenvalue weighted by Gasteiger charge is 2.04. The molecule has 0 aliphatic rings. The van der Waals surface area contributed by atoms with Gasteiger partial charge in [-0.25, -0.2) is 9.97 Å². The first-order chi connectivity index (χ1) is 8.85. The number of H-pyrrole nitrogens is 1. The van der Waals surface area contributed by atoms with E-state index in [2.05, 4.69) is 15.0 Å². The van der Waals surface area contributed by atoms with Gasteiger partial charge in [0.05, 0.1) is 11.0 Å². The second-order valence-corrected chi connectivity index (χ2v) is 4.88. The Labute approximate surface area is 109 Å². The lowest BCUT2D eigenvalue weighted by Crippen LogP contribution is -1.96. The molecule has 5 heteroatoms. The van der Waals surface area contributed by atoms with Crippen molar-refractivity contribution in [2.45, 2.75) is 16.7 Å². The molecule has 0 atom stereocenters. The van der Waals surface area contributed by atoms with Crippen LogP contribution in [0.4, 0.5) is 0 Å². The minimum Gasteiger partial charge on any atom is -0.333 e. The predicted octanol–water partition coefficient (Wildman–Crippen LogP) is 2.57. The van der Waals surface area contributed by atoms with E-state index in [-0.39, 0.29) is 0 Å². The van der Waals surface area contributed by atoms with Gasteiger partial charge in [-0.3, -0.25) is 0 Å². The van der Waals surface area contributed by atoms with Crippen LogP contribution >= 0.6 is 11.8 Å². The normalized spacial score (nSPS) is 10.9. The van der Waals surface area contributed by atoms with Crippen LogP contribution < -0.4 is 5.73 Å². The van der Waals surface area contributed by atoms with Crippen LogP contribution in [-0.2, 0) is 6.54 Å². The van der Waals surface area contributed by atoms with Gasteiger partial charge in [-0.1, -0.05) is 18.2 Å². The lowest BCUT2D eigenvalue weighted by atomic mass is 10.3. The van der Waals surface area contributed by atoms with Crippen molar-refractivity contribution in [2.24, 2.45) is 5.73 Å². The van der Waals surface area contributed by atoms with Crippen molar-refractivity contribution in [1.82, 2.24) is 15.0 Å². The summed E-state index contributed by atoms with van der Waals surface area (Å²) in [4.78, 5) is 12.1. The number of nitrogens with two attached hydrogens (primary N) is 1. The molecule has 0 amide bonds. The van der Waals surface area contributed by atoms with Crippen molar-refractivity contribution in [2.75, 3.05) is 0 Å². The summed E-state index contributed by atoms with van der Waals surface area (Å²) in [5, 5.41) is 1.76. The number of hydrogen-bond donors (Lipinski definition) is 2. The Morgan fingerprint density at radius 2 is 2.06 bits per heavy atom. The number of aromatic amines is 1. The number of benzene rings is 1. The maximum Gasteiger partial charge on any atom is 0.172 e. The second kappa shape index (κ2) is 4.80. The largest absolute Gasteiger partial charge is 0.333 e.